The third kappa shape index (κ3) is 15.5. The van der Waals surface area contributed by atoms with Gasteiger partial charge in [-0.2, -0.15) is 0 Å². The number of hydrogen-bond donors (Lipinski definition) is 0. The normalized spacial score (nSPS) is 29.2. The van der Waals surface area contributed by atoms with E-state index in [0.29, 0.717) is 26.4 Å². The third-order valence-corrected chi connectivity index (χ3v) is 14.6. The predicted molar refractivity (Wildman–Crippen MR) is 243 cm³/mol. The summed E-state index contributed by atoms with van der Waals surface area (Å²) in [5, 5.41) is 0. The van der Waals surface area contributed by atoms with E-state index in [4.69, 9.17) is 18.9 Å². The number of rotatable bonds is 20. The summed E-state index contributed by atoms with van der Waals surface area (Å²) in [7, 11) is 0. The Labute approximate surface area is 364 Å². The maximum Gasteiger partial charge on any atom is 0.330 e. The molecule has 4 aliphatic carbocycles. The predicted octanol–water partition coefficient (Wildman–Crippen LogP) is 12.5. The average molecular weight is 823 g/mol. The molecule has 330 valence electrons. The van der Waals surface area contributed by atoms with Gasteiger partial charge >= 0.3 is 11.9 Å². The van der Waals surface area contributed by atoms with Gasteiger partial charge in [0, 0.05) is 36.5 Å². The maximum absolute atomic E-state index is 11.5. The molecular weight excluding hydrogens is 745 g/mol. The Hall–Kier alpha value is -3.32. The molecule has 0 heterocycles. The summed E-state index contributed by atoms with van der Waals surface area (Å²) in [6, 6.07) is 8.40. The molecule has 4 saturated carbocycles. The molecule has 0 bridgehead atoms. The lowest BCUT2D eigenvalue weighted by molar-refractivity contribution is -0.138. The van der Waals surface area contributed by atoms with E-state index in [-0.39, 0.29) is 11.9 Å². The number of hydrogen-bond acceptors (Lipinski definition) is 6. The Kier molecular flexibility index (Phi) is 20.3. The fourth-order valence-electron chi connectivity index (χ4n) is 10.9. The molecule has 6 heteroatoms. The Balaban J connectivity index is 1.21. The summed E-state index contributed by atoms with van der Waals surface area (Å²) < 4.78 is 23.7. The lowest BCUT2D eigenvalue weighted by Crippen LogP contribution is -2.38. The molecule has 4 aliphatic rings. The first kappa shape index (κ1) is 47.7. The third-order valence-electron chi connectivity index (χ3n) is 14.6. The van der Waals surface area contributed by atoms with Crippen LogP contribution < -0.4 is 0 Å². The van der Waals surface area contributed by atoms with Crippen molar-refractivity contribution < 1.29 is 28.5 Å². The average Bonchev–Trinajstić information content (AvgIpc) is 3.29. The highest BCUT2D eigenvalue weighted by atomic mass is 16.5. The van der Waals surface area contributed by atoms with Crippen LogP contribution in [-0.2, 0) is 28.5 Å². The number of carbonyl (C=O) groups is 2. The lowest BCUT2D eigenvalue weighted by atomic mass is 9.67. The number of esters is 2. The van der Waals surface area contributed by atoms with Gasteiger partial charge in [-0.05, 0) is 163 Å². The molecule has 0 aromatic heterocycles. The Bertz CT molecular complexity index is 1450. The Morgan fingerprint density at radius 2 is 0.883 bits per heavy atom. The minimum absolute atomic E-state index is 0.375. The molecule has 1 aromatic rings. The molecule has 0 atom stereocenters. The smallest absolute Gasteiger partial charge is 0.330 e. The van der Waals surface area contributed by atoms with Gasteiger partial charge in [-0.15, -0.1) is 0 Å². The summed E-state index contributed by atoms with van der Waals surface area (Å²) in [6.07, 6.45) is 30.7. The molecule has 0 amide bonds. The van der Waals surface area contributed by atoms with E-state index in [2.05, 4.69) is 75.0 Å². The molecule has 0 aliphatic heterocycles. The van der Waals surface area contributed by atoms with Crippen LogP contribution in [0, 0.1) is 59.2 Å². The van der Waals surface area contributed by atoms with Crippen LogP contribution >= 0.6 is 0 Å². The number of benzene rings is 1. The van der Waals surface area contributed by atoms with Crippen molar-refractivity contribution in [2.75, 3.05) is 26.4 Å². The largest absolute Gasteiger partial charge is 0.463 e. The zero-order valence-electron chi connectivity index (χ0n) is 37.6. The molecule has 5 rings (SSSR count). The Morgan fingerprint density at radius 3 is 1.22 bits per heavy atom. The van der Waals surface area contributed by atoms with Crippen LogP contribution in [0.4, 0.5) is 0 Å². The van der Waals surface area contributed by atoms with Gasteiger partial charge in [0.15, 0.2) is 0 Å². The summed E-state index contributed by atoms with van der Waals surface area (Å²) in [4.78, 5) is 23.0. The molecule has 4 fully saturated rings. The lowest BCUT2D eigenvalue weighted by Gasteiger charge is -2.41. The Morgan fingerprint density at radius 1 is 0.550 bits per heavy atom. The number of ether oxygens (including phenoxy) is 4. The van der Waals surface area contributed by atoms with Gasteiger partial charge in [0.25, 0.3) is 0 Å². The topological polar surface area (TPSA) is 71.1 Å². The van der Waals surface area contributed by atoms with Crippen LogP contribution in [0.25, 0.3) is 0 Å². The molecule has 0 spiro atoms. The highest BCUT2D eigenvalue weighted by Crippen LogP contribution is 2.46. The van der Waals surface area contributed by atoms with Gasteiger partial charge in [-0.25, -0.2) is 9.59 Å². The fourth-order valence-corrected chi connectivity index (χ4v) is 10.9. The van der Waals surface area contributed by atoms with E-state index in [1.807, 2.05) is 0 Å². The van der Waals surface area contributed by atoms with Crippen molar-refractivity contribution >= 4 is 11.9 Å². The summed E-state index contributed by atoms with van der Waals surface area (Å²) in [5.74, 6) is 18.7. The monoisotopic (exact) mass is 823 g/mol. The van der Waals surface area contributed by atoms with E-state index in [9.17, 15) is 9.59 Å². The molecule has 0 unspecified atom stereocenters. The van der Waals surface area contributed by atoms with Crippen LogP contribution in [0.1, 0.15) is 179 Å². The van der Waals surface area contributed by atoms with Gasteiger partial charge in [-0.1, -0.05) is 102 Å². The minimum atomic E-state index is -0.448. The second kappa shape index (κ2) is 25.6. The quantitative estimate of drug-likeness (QED) is 0.0565. The zero-order valence-corrected chi connectivity index (χ0v) is 37.6. The van der Waals surface area contributed by atoms with Crippen LogP contribution in [0.5, 0.6) is 0 Å². The summed E-state index contributed by atoms with van der Waals surface area (Å²) in [6.45, 7) is 13.6. The first-order valence-corrected chi connectivity index (χ1v) is 24.3. The van der Waals surface area contributed by atoms with Crippen molar-refractivity contribution in [1.29, 1.82) is 0 Å². The first-order valence-electron chi connectivity index (χ1n) is 24.3. The van der Waals surface area contributed by atoms with Gasteiger partial charge in [0.2, 0.25) is 0 Å². The van der Waals surface area contributed by atoms with Crippen molar-refractivity contribution in [3.8, 4) is 23.7 Å². The second-order valence-corrected chi connectivity index (χ2v) is 18.7. The first-order chi connectivity index (χ1) is 29.3. The number of carbonyl (C=O) groups excluding carboxylic acids is 2. The molecule has 0 saturated heterocycles. The molecular formula is C54H78O6. The molecule has 1 aromatic carbocycles. The second-order valence-electron chi connectivity index (χ2n) is 18.7. The van der Waals surface area contributed by atoms with Crippen LogP contribution in [0.2, 0.25) is 0 Å². The zero-order chi connectivity index (χ0) is 42.5. The summed E-state index contributed by atoms with van der Waals surface area (Å²) in [5.41, 5.74) is 1.07. The molecule has 0 N–H and O–H groups in total. The fraction of sp³-hybridized carbons (Fsp3) is 0.704. The van der Waals surface area contributed by atoms with E-state index in [0.717, 1.165) is 98.0 Å². The van der Waals surface area contributed by atoms with Crippen molar-refractivity contribution in [2.24, 2.45) is 35.5 Å². The number of unbranched alkanes of at least 4 members (excludes halogenated alkanes) is 2. The van der Waals surface area contributed by atoms with Crippen LogP contribution in [-0.4, -0.2) is 49.6 Å². The highest BCUT2D eigenvalue weighted by Gasteiger charge is 2.40. The van der Waals surface area contributed by atoms with Crippen molar-refractivity contribution in [3.05, 3.63) is 60.7 Å². The standard InChI is InChI=1S/C54H78O6/c1-5-13-43-19-23-47(24-20-43)49-29-35-53(36-30-49,59-41-11-9-39-57-51(55)7-3)33-27-45-15-17-46(18-16-45)28-34-54(60-42-12-10-40-58-52(56)8-4)37-31-50(32-38-54)48-25-21-44(14-6-2)22-26-48/h7-8,15-18,43-44,47-50H,3-6,9-14,19-26,29-32,35-42H2,1-2H3. The van der Waals surface area contributed by atoms with Crippen LogP contribution in [0.3, 0.4) is 0 Å². The van der Waals surface area contributed by atoms with Crippen molar-refractivity contribution in [2.45, 2.75) is 179 Å². The van der Waals surface area contributed by atoms with Gasteiger partial charge < -0.3 is 18.9 Å². The molecule has 6 nitrogen and oxygen atoms in total. The van der Waals surface area contributed by atoms with E-state index >= 15 is 0 Å². The SMILES string of the molecule is C=CC(=O)OCCCCOC1(C#Cc2ccc(C#CC3(OCCCCOC(=O)C=C)CCC(C4CCC(CCC)CC4)CC3)cc2)CCC(C2CCC(CCC)CC2)CC1. The minimum Gasteiger partial charge on any atom is -0.463 e. The molecule has 0 radical (unpaired) electrons. The van der Waals surface area contributed by atoms with Crippen molar-refractivity contribution in [1.82, 2.24) is 0 Å². The maximum atomic E-state index is 11.5. The summed E-state index contributed by atoms with van der Waals surface area (Å²) >= 11 is 0. The van der Waals surface area contributed by atoms with Gasteiger partial charge in [0.05, 0.1) is 13.2 Å². The molecule has 60 heavy (non-hydrogen) atoms. The van der Waals surface area contributed by atoms with E-state index in [1.54, 1.807) is 0 Å². The van der Waals surface area contributed by atoms with Crippen LogP contribution in [0.15, 0.2) is 49.6 Å². The highest BCUT2D eigenvalue weighted by molar-refractivity contribution is 5.81. The van der Waals surface area contributed by atoms with E-state index < -0.39 is 11.2 Å². The van der Waals surface area contributed by atoms with Gasteiger partial charge in [-0.3, -0.25) is 0 Å². The van der Waals surface area contributed by atoms with E-state index in [1.165, 1.54) is 115 Å². The van der Waals surface area contributed by atoms with Gasteiger partial charge in [0.1, 0.15) is 11.2 Å². The van der Waals surface area contributed by atoms with Crippen molar-refractivity contribution in [3.63, 3.8) is 0 Å².